The van der Waals surface area contributed by atoms with E-state index < -0.39 is 43.5 Å². The summed E-state index contributed by atoms with van der Waals surface area (Å²) in [6.45, 7) is 1.71. The molecule has 10 heteroatoms. The van der Waals surface area contributed by atoms with Crippen LogP contribution in [0.25, 0.3) is 0 Å². The molecule has 0 unspecified atom stereocenters. The summed E-state index contributed by atoms with van der Waals surface area (Å²) < 4.78 is 99.2. The number of alkyl halides is 6. The molecule has 1 aromatic rings. The van der Waals surface area contributed by atoms with Gasteiger partial charge in [-0.15, -0.1) is 0 Å². The third kappa shape index (κ3) is 7.35. The summed E-state index contributed by atoms with van der Waals surface area (Å²) in [7, 11) is 0. The van der Waals surface area contributed by atoms with Crippen molar-refractivity contribution in [3.05, 3.63) is 34.9 Å². The van der Waals surface area contributed by atoms with Crippen LogP contribution in [0.15, 0.2) is 18.2 Å². The zero-order valence-electron chi connectivity index (χ0n) is 11.3. The third-order valence-corrected chi connectivity index (χ3v) is 2.57. The van der Waals surface area contributed by atoms with Crippen LogP contribution in [-0.4, -0.2) is 22.9 Å². The zero-order valence-corrected chi connectivity index (χ0v) is 13.0. The quantitative estimate of drug-likeness (QED) is 0.605. The van der Waals surface area contributed by atoms with Crippen molar-refractivity contribution < 1.29 is 38.6 Å². The Morgan fingerprint density at radius 2 is 1.36 bits per heavy atom. The van der Waals surface area contributed by atoms with Crippen molar-refractivity contribution in [3.8, 4) is 0 Å². The molecule has 0 spiro atoms. The monoisotopic (exact) mass is 400 g/mol. The summed E-state index contributed by atoms with van der Waals surface area (Å²) in [6.07, 6.45) is -8.92. The molecule has 0 aromatic heterocycles. The number of halogens is 6. The van der Waals surface area contributed by atoms with Crippen LogP contribution in [-0.2, 0) is 22.6 Å². The summed E-state index contributed by atoms with van der Waals surface area (Å²) in [5.41, 5.74) is -3.03. The normalized spacial score (nSPS) is 12.1. The van der Waals surface area contributed by atoms with Crippen molar-refractivity contribution in [1.82, 2.24) is 0 Å². The summed E-state index contributed by atoms with van der Waals surface area (Å²) in [5, 5.41) is 0. The van der Waals surface area contributed by atoms with Gasteiger partial charge in [-0.2, -0.15) is 26.3 Å². The van der Waals surface area contributed by atoms with Crippen molar-refractivity contribution >= 4 is 14.5 Å². The van der Waals surface area contributed by atoms with Gasteiger partial charge in [-0.25, -0.2) is 0 Å². The first-order valence-electron chi connectivity index (χ1n) is 5.97. The maximum atomic E-state index is 12.7. The van der Waals surface area contributed by atoms with E-state index in [1.807, 2.05) is 0 Å². The first-order chi connectivity index (χ1) is 9.91. The number of rotatable bonds is 3. The molecule has 0 radical (unpaired) electrons. The fourth-order valence-electron chi connectivity index (χ4n) is 1.74. The van der Waals surface area contributed by atoms with E-state index in [1.165, 1.54) is 0 Å². The molecule has 128 valence electrons. The van der Waals surface area contributed by atoms with Gasteiger partial charge in [0, 0.05) is 0 Å². The van der Waals surface area contributed by atoms with Crippen LogP contribution >= 0.6 is 0 Å². The fraction of sp³-hybridized carbons (Fsp3) is 0.500. The van der Waals surface area contributed by atoms with Crippen molar-refractivity contribution in [2.75, 3.05) is 0 Å². The molecule has 0 atom stereocenters. The SMILES string of the molecule is CCCCc1c(C(F)(F)F)cccc1C(F)(F)F.O=[Se](O)O. The Bertz CT molecular complexity index is 462. The molecule has 1 rings (SSSR count). The van der Waals surface area contributed by atoms with Crippen molar-refractivity contribution in [2.24, 2.45) is 0 Å². The van der Waals surface area contributed by atoms with Gasteiger partial charge in [0.15, 0.2) is 0 Å². The van der Waals surface area contributed by atoms with Gasteiger partial charge in [0.25, 0.3) is 0 Å². The number of unbranched alkanes of at least 4 members (excludes halogenated alkanes) is 1. The van der Waals surface area contributed by atoms with E-state index in [2.05, 4.69) is 0 Å². The molecule has 1 aromatic carbocycles. The average Bonchev–Trinajstić information content (AvgIpc) is 2.32. The number of benzene rings is 1. The predicted molar refractivity (Wildman–Crippen MR) is 65.9 cm³/mol. The predicted octanol–water partition coefficient (Wildman–Crippen LogP) is 3.45. The van der Waals surface area contributed by atoms with Crippen LogP contribution in [0, 0.1) is 0 Å². The standard InChI is InChI=1S/C12H12F6.H2O3Se/c1-2-3-5-8-9(11(13,14)15)6-4-7-10(8)12(16,17)18;1-4(2)3/h4,6-7H,2-3,5H2,1H3;(H2,1,2,3). The van der Waals surface area contributed by atoms with Gasteiger partial charge < -0.3 is 0 Å². The molecule has 22 heavy (non-hydrogen) atoms. The number of hydrogen-bond acceptors (Lipinski definition) is 1. The zero-order chi connectivity index (χ0) is 17.6. The second-order valence-electron chi connectivity index (χ2n) is 4.16. The summed E-state index contributed by atoms with van der Waals surface area (Å²) in [4.78, 5) is 0. The van der Waals surface area contributed by atoms with Gasteiger partial charge in [-0.3, -0.25) is 0 Å². The van der Waals surface area contributed by atoms with Crippen LogP contribution < -0.4 is 0 Å². The molecule has 0 fully saturated rings. The molecule has 0 bridgehead atoms. The van der Waals surface area contributed by atoms with E-state index in [0.29, 0.717) is 18.6 Å². The van der Waals surface area contributed by atoms with Crippen LogP contribution in [0.1, 0.15) is 36.5 Å². The van der Waals surface area contributed by atoms with Crippen molar-refractivity contribution in [2.45, 2.75) is 38.5 Å². The van der Waals surface area contributed by atoms with Crippen LogP contribution in [0.2, 0.25) is 0 Å². The Hall–Kier alpha value is -0.961. The molecule has 0 aliphatic carbocycles. The summed E-state index contributed by atoms with van der Waals surface area (Å²) in [6, 6.07) is 2.18. The summed E-state index contributed by atoms with van der Waals surface area (Å²) in [5.74, 6) is 0. The van der Waals surface area contributed by atoms with Gasteiger partial charge in [0.05, 0.1) is 11.1 Å². The van der Waals surface area contributed by atoms with E-state index >= 15 is 0 Å². The molecular formula is C12H14F6O3Se. The Labute approximate surface area is 127 Å². The van der Waals surface area contributed by atoms with Gasteiger partial charge in [0.2, 0.25) is 0 Å². The molecule has 0 amide bonds. The van der Waals surface area contributed by atoms with Crippen LogP contribution in [0.4, 0.5) is 26.3 Å². The molecule has 0 aliphatic rings. The van der Waals surface area contributed by atoms with Crippen LogP contribution in [0.5, 0.6) is 0 Å². The molecule has 0 saturated heterocycles. The molecule has 2 N–H and O–H groups in total. The van der Waals surface area contributed by atoms with Gasteiger partial charge in [0.1, 0.15) is 0 Å². The number of hydrogen-bond donors (Lipinski definition) is 2. The van der Waals surface area contributed by atoms with Gasteiger partial charge >= 0.3 is 39.1 Å². The van der Waals surface area contributed by atoms with E-state index in [-0.39, 0.29) is 12.8 Å². The minimum absolute atomic E-state index is 0.221. The van der Waals surface area contributed by atoms with E-state index in [1.54, 1.807) is 6.92 Å². The fourth-order valence-corrected chi connectivity index (χ4v) is 1.74. The van der Waals surface area contributed by atoms with E-state index in [0.717, 1.165) is 6.07 Å². The van der Waals surface area contributed by atoms with Gasteiger partial charge in [-0.1, -0.05) is 19.4 Å². The van der Waals surface area contributed by atoms with Crippen LogP contribution in [0.3, 0.4) is 0 Å². The maximum absolute atomic E-state index is 12.7. The van der Waals surface area contributed by atoms with E-state index in [9.17, 15) is 26.3 Å². The Balaban J connectivity index is 0.000000980. The topological polar surface area (TPSA) is 57.5 Å². The Morgan fingerprint density at radius 3 is 1.64 bits per heavy atom. The van der Waals surface area contributed by atoms with Gasteiger partial charge in [-0.05, 0) is 30.5 Å². The summed E-state index contributed by atoms with van der Waals surface area (Å²) >= 11 is -3.29. The molecular weight excluding hydrogens is 385 g/mol. The Kier molecular flexibility index (Phi) is 8.24. The molecule has 0 aliphatic heterocycles. The third-order valence-electron chi connectivity index (χ3n) is 2.57. The second kappa shape index (κ2) is 8.61. The Morgan fingerprint density at radius 1 is 1.00 bits per heavy atom. The second-order valence-corrected chi connectivity index (χ2v) is 5.13. The molecule has 3 nitrogen and oxygen atoms in total. The average molecular weight is 399 g/mol. The molecule has 0 heterocycles. The first kappa shape index (κ1) is 21.0. The van der Waals surface area contributed by atoms with E-state index in [4.69, 9.17) is 12.2 Å². The van der Waals surface area contributed by atoms with Crippen molar-refractivity contribution in [1.29, 1.82) is 0 Å². The molecule has 0 saturated carbocycles. The first-order valence-corrected chi connectivity index (χ1v) is 8.20. The van der Waals surface area contributed by atoms with Crippen molar-refractivity contribution in [3.63, 3.8) is 0 Å². The minimum atomic E-state index is -4.76.